The Morgan fingerprint density at radius 1 is 1.40 bits per heavy atom. The first-order chi connectivity index (χ1) is 9.60. The van der Waals surface area contributed by atoms with Crippen molar-refractivity contribution in [1.29, 1.82) is 0 Å². The molecule has 0 radical (unpaired) electrons. The normalized spacial score (nSPS) is 22.2. The van der Waals surface area contributed by atoms with Crippen molar-refractivity contribution in [3.8, 4) is 0 Å². The van der Waals surface area contributed by atoms with Crippen LogP contribution in [0.4, 0.5) is 0 Å². The first-order valence-electron chi connectivity index (χ1n) is 5.97. The topological polar surface area (TPSA) is 62.2 Å². The molecule has 2 aromatic rings. The van der Waals surface area contributed by atoms with E-state index in [0.717, 1.165) is 5.56 Å². The number of carbonyl (C=O) groups is 1. The zero-order chi connectivity index (χ0) is 14.2. The van der Waals surface area contributed by atoms with Crippen molar-refractivity contribution in [3.05, 3.63) is 62.7 Å². The summed E-state index contributed by atoms with van der Waals surface area (Å²) in [6, 6.07) is 7.47. The van der Waals surface area contributed by atoms with Gasteiger partial charge in [0, 0.05) is 12.5 Å². The summed E-state index contributed by atoms with van der Waals surface area (Å²) < 4.78 is 0.688. The Bertz CT molecular complexity index is 684. The molecule has 0 bridgehead atoms. The standard InChI is InChI=1S/C14H11BrN2O2S/c15-12-3-1-2-11(16-12)14(9-4-5-20-8-9)7-10(18)6-13(19)17-14/h1-6,8,18H,7H2,(H,17,19)/t14-/m0/s1. The van der Waals surface area contributed by atoms with Crippen LogP contribution in [0.5, 0.6) is 0 Å². The third-order valence-electron chi connectivity index (χ3n) is 3.25. The number of amides is 1. The van der Waals surface area contributed by atoms with Gasteiger partial charge in [0.2, 0.25) is 5.91 Å². The molecule has 1 aliphatic heterocycles. The van der Waals surface area contributed by atoms with Gasteiger partial charge in [-0.05, 0) is 50.5 Å². The zero-order valence-corrected chi connectivity index (χ0v) is 12.7. The average Bonchev–Trinajstić information content (AvgIpc) is 2.91. The number of hydrogen-bond acceptors (Lipinski definition) is 4. The predicted octanol–water partition coefficient (Wildman–Crippen LogP) is 3.11. The van der Waals surface area contributed by atoms with Crippen LogP contribution in [0.25, 0.3) is 0 Å². The van der Waals surface area contributed by atoms with E-state index in [1.165, 1.54) is 6.08 Å². The lowest BCUT2D eigenvalue weighted by atomic mass is 9.82. The quantitative estimate of drug-likeness (QED) is 0.818. The largest absolute Gasteiger partial charge is 0.512 e. The van der Waals surface area contributed by atoms with Crippen molar-refractivity contribution < 1.29 is 9.90 Å². The number of nitrogens with one attached hydrogen (secondary N) is 1. The number of rotatable bonds is 2. The molecule has 6 heteroatoms. The summed E-state index contributed by atoms with van der Waals surface area (Å²) >= 11 is 4.89. The van der Waals surface area contributed by atoms with Crippen molar-refractivity contribution >= 4 is 33.2 Å². The maximum Gasteiger partial charge on any atom is 0.248 e. The van der Waals surface area contributed by atoms with Gasteiger partial charge in [-0.2, -0.15) is 11.3 Å². The van der Waals surface area contributed by atoms with Crippen LogP contribution in [0, 0.1) is 0 Å². The van der Waals surface area contributed by atoms with E-state index in [1.54, 1.807) is 11.3 Å². The zero-order valence-electron chi connectivity index (χ0n) is 10.3. The van der Waals surface area contributed by atoms with E-state index < -0.39 is 5.54 Å². The van der Waals surface area contributed by atoms with E-state index in [1.807, 2.05) is 35.0 Å². The highest BCUT2D eigenvalue weighted by atomic mass is 79.9. The molecule has 0 aromatic carbocycles. The van der Waals surface area contributed by atoms with E-state index in [2.05, 4.69) is 26.2 Å². The minimum atomic E-state index is -0.820. The molecule has 1 atom stereocenters. The second-order valence-corrected chi connectivity index (χ2v) is 6.16. The number of hydrogen-bond donors (Lipinski definition) is 2. The molecule has 20 heavy (non-hydrogen) atoms. The lowest BCUT2D eigenvalue weighted by Gasteiger charge is -2.36. The van der Waals surface area contributed by atoms with Crippen molar-refractivity contribution in [2.24, 2.45) is 0 Å². The van der Waals surface area contributed by atoms with Crippen LogP contribution < -0.4 is 5.32 Å². The maximum absolute atomic E-state index is 11.9. The van der Waals surface area contributed by atoms with E-state index in [9.17, 15) is 9.90 Å². The lowest BCUT2D eigenvalue weighted by molar-refractivity contribution is -0.119. The number of aliphatic hydroxyl groups excluding tert-OH is 1. The summed E-state index contributed by atoms with van der Waals surface area (Å²) in [4.78, 5) is 16.3. The minimum Gasteiger partial charge on any atom is -0.512 e. The molecule has 3 heterocycles. The Morgan fingerprint density at radius 2 is 2.25 bits per heavy atom. The highest BCUT2D eigenvalue weighted by molar-refractivity contribution is 9.10. The average molecular weight is 351 g/mol. The molecule has 0 fully saturated rings. The van der Waals surface area contributed by atoms with Crippen LogP contribution in [0.3, 0.4) is 0 Å². The SMILES string of the molecule is O=C1C=C(O)C[C@](c2ccsc2)(c2cccc(Br)n2)N1. The summed E-state index contributed by atoms with van der Waals surface area (Å²) in [5.41, 5.74) is 0.791. The third-order valence-corrected chi connectivity index (χ3v) is 4.37. The van der Waals surface area contributed by atoms with Crippen LogP contribution in [0.1, 0.15) is 17.7 Å². The van der Waals surface area contributed by atoms with Gasteiger partial charge in [0.05, 0.1) is 5.69 Å². The van der Waals surface area contributed by atoms with Gasteiger partial charge in [0.15, 0.2) is 0 Å². The van der Waals surface area contributed by atoms with Gasteiger partial charge in [-0.15, -0.1) is 0 Å². The fourth-order valence-electron chi connectivity index (χ4n) is 2.39. The maximum atomic E-state index is 11.9. The molecule has 1 aliphatic rings. The van der Waals surface area contributed by atoms with E-state index >= 15 is 0 Å². The van der Waals surface area contributed by atoms with Crippen LogP contribution >= 0.6 is 27.3 Å². The molecule has 1 amide bonds. The van der Waals surface area contributed by atoms with Gasteiger partial charge in [-0.25, -0.2) is 4.98 Å². The van der Waals surface area contributed by atoms with Crippen molar-refractivity contribution in [1.82, 2.24) is 10.3 Å². The van der Waals surface area contributed by atoms with Gasteiger partial charge in [-0.1, -0.05) is 6.07 Å². The summed E-state index contributed by atoms with van der Waals surface area (Å²) in [6.07, 6.45) is 1.50. The molecule has 102 valence electrons. The minimum absolute atomic E-state index is 0.0572. The van der Waals surface area contributed by atoms with Crippen molar-refractivity contribution in [3.63, 3.8) is 0 Å². The second kappa shape index (κ2) is 5.03. The summed E-state index contributed by atoms with van der Waals surface area (Å²) in [6.45, 7) is 0. The fourth-order valence-corrected chi connectivity index (χ4v) is 3.47. The summed E-state index contributed by atoms with van der Waals surface area (Å²) in [7, 11) is 0. The molecule has 0 spiro atoms. The number of aliphatic hydroxyl groups is 1. The van der Waals surface area contributed by atoms with E-state index in [-0.39, 0.29) is 11.7 Å². The second-order valence-electron chi connectivity index (χ2n) is 4.56. The van der Waals surface area contributed by atoms with Crippen LogP contribution in [-0.4, -0.2) is 16.0 Å². The molecule has 0 saturated carbocycles. The molecule has 2 aromatic heterocycles. The Balaban J connectivity index is 2.19. The monoisotopic (exact) mass is 350 g/mol. The smallest absolute Gasteiger partial charge is 0.248 e. The summed E-state index contributed by atoms with van der Waals surface area (Å²) in [5.74, 6) is -0.261. The highest BCUT2D eigenvalue weighted by Crippen LogP contribution is 2.37. The van der Waals surface area contributed by atoms with Crippen LogP contribution in [0.2, 0.25) is 0 Å². The van der Waals surface area contributed by atoms with E-state index in [4.69, 9.17) is 0 Å². The Labute approximate surface area is 128 Å². The molecule has 3 rings (SSSR count). The fraction of sp³-hybridized carbons (Fsp3) is 0.143. The van der Waals surface area contributed by atoms with Gasteiger partial charge in [0.25, 0.3) is 0 Å². The first kappa shape index (κ1) is 13.3. The first-order valence-corrected chi connectivity index (χ1v) is 7.71. The molecule has 4 nitrogen and oxygen atoms in total. The highest BCUT2D eigenvalue weighted by Gasteiger charge is 2.41. The predicted molar refractivity (Wildman–Crippen MR) is 80.5 cm³/mol. The Kier molecular flexibility index (Phi) is 3.35. The number of thiophene rings is 1. The van der Waals surface area contributed by atoms with Gasteiger partial charge >= 0.3 is 0 Å². The molecule has 2 N–H and O–H groups in total. The molecular weight excluding hydrogens is 340 g/mol. The number of halogens is 1. The van der Waals surface area contributed by atoms with Crippen molar-refractivity contribution in [2.45, 2.75) is 12.0 Å². The van der Waals surface area contributed by atoms with Gasteiger partial charge in [0.1, 0.15) is 15.9 Å². The lowest BCUT2D eigenvalue weighted by Crippen LogP contribution is -2.49. The van der Waals surface area contributed by atoms with Crippen LogP contribution in [0.15, 0.2) is 51.5 Å². The number of aromatic nitrogens is 1. The van der Waals surface area contributed by atoms with Crippen molar-refractivity contribution in [2.75, 3.05) is 0 Å². The molecule has 0 unspecified atom stereocenters. The Hall–Kier alpha value is -1.66. The summed E-state index contributed by atoms with van der Waals surface area (Å²) in [5, 5.41) is 16.8. The molecular formula is C14H11BrN2O2S. The number of nitrogens with zero attached hydrogens (tertiary/aromatic N) is 1. The molecule has 0 saturated heterocycles. The number of pyridine rings is 1. The van der Waals surface area contributed by atoms with Gasteiger partial charge < -0.3 is 10.4 Å². The Morgan fingerprint density at radius 3 is 2.90 bits per heavy atom. The van der Waals surface area contributed by atoms with Crippen LogP contribution in [-0.2, 0) is 10.3 Å². The van der Waals surface area contributed by atoms with E-state index in [0.29, 0.717) is 16.7 Å². The number of carbonyl (C=O) groups excluding carboxylic acids is 1. The third kappa shape index (κ3) is 2.25. The molecule has 0 aliphatic carbocycles. The van der Waals surface area contributed by atoms with Gasteiger partial charge in [-0.3, -0.25) is 4.79 Å².